The highest BCUT2D eigenvalue weighted by molar-refractivity contribution is 7.07. The molecule has 0 aliphatic heterocycles. The van der Waals surface area contributed by atoms with E-state index in [-0.39, 0.29) is 0 Å². The van der Waals surface area contributed by atoms with Crippen LogP contribution in [0.15, 0.2) is 144 Å². The third-order valence-electron chi connectivity index (χ3n) is 2.55. The lowest BCUT2D eigenvalue weighted by molar-refractivity contribution is 0.567. The van der Waals surface area contributed by atoms with Gasteiger partial charge in [0.15, 0.2) is 0 Å². The molecule has 0 fully saturated rings. The van der Waals surface area contributed by atoms with Crippen molar-refractivity contribution in [3.8, 4) is 0 Å². The quantitative estimate of drug-likeness (QED) is 0.313. The van der Waals surface area contributed by atoms with E-state index in [4.69, 9.17) is 0 Å². The van der Waals surface area contributed by atoms with Crippen molar-refractivity contribution in [2.45, 2.75) is 0 Å². The minimum absolute atomic E-state index is 1.62. The van der Waals surface area contributed by atoms with E-state index in [2.05, 4.69) is 19.4 Å². The Balaban J connectivity index is 0.000000175. The summed E-state index contributed by atoms with van der Waals surface area (Å²) < 4.78 is 4.58. The lowest BCUT2D eigenvalue weighted by atomic mass is 10.5. The van der Waals surface area contributed by atoms with E-state index >= 15 is 0 Å². The maximum Gasteiger partial charge on any atom is 0.0902 e. The summed E-state index contributed by atoms with van der Waals surface area (Å²) in [7, 11) is 0. The highest BCUT2D eigenvalue weighted by Gasteiger charge is 1.60. The Bertz CT molecular complexity index is 594. The summed E-state index contributed by atoms with van der Waals surface area (Å²) in [6, 6.07) is 24.8. The Hall–Kier alpha value is -3.57. The van der Waals surface area contributed by atoms with Crippen LogP contribution in [0, 0.1) is 0 Å². The van der Waals surface area contributed by atoms with Gasteiger partial charge in [0.2, 0.25) is 0 Å². The number of rotatable bonds is 0. The van der Waals surface area contributed by atoms with Crippen molar-refractivity contribution >= 4 is 11.3 Å². The third kappa shape index (κ3) is 17.3. The van der Waals surface area contributed by atoms with Crippen LogP contribution < -0.4 is 0 Å². The van der Waals surface area contributed by atoms with E-state index in [0.717, 1.165) is 0 Å². The molecule has 28 heavy (non-hydrogen) atoms. The number of hydrogen-bond donors (Lipinski definition) is 0. The van der Waals surface area contributed by atoms with E-state index in [1.165, 1.54) is 0 Å². The number of hydrogen-bond acceptors (Lipinski definition) is 5. The van der Waals surface area contributed by atoms with E-state index < -0.39 is 0 Å². The van der Waals surface area contributed by atoms with Gasteiger partial charge in [0.25, 0.3) is 0 Å². The summed E-state index contributed by atoms with van der Waals surface area (Å²) >= 11 is 1.71. The molecule has 5 rings (SSSR count). The molecule has 0 aliphatic rings. The van der Waals surface area contributed by atoms with Gasteiger partial charge in [-0.3, -0.25) is 15.0 Å². The molecule has 0 spiro atoms. The highest BCUT2D eigenvalue weighted by atomic mass is 32.1. The van der Waals surface area contributed by atoms with Gasteiger partial charge in [0.05, 0.1) is 12.5 Å². The minimum atomic E-state index is 1.62. The van der Waals surface area contributed by atoms with Crippen LogP contribution in [-0.2, 0) is 0 Å². The Morgan fingerprint density at radius 1 is 0.393 bits per heavy atom. The van der Waals surface area contributed by atoms with Crippen LogP contribution in [0.5, 0.6) is 0 Å². The number of pyridine rings is 3. The minimum Gasteiger partial charge on any atom is -0.473 e. The first-order chi connectivity index (χ1) is 14.0. The zero-order chi connectivity index (χ0) is 19.8. The monoisotopic (exact) mass is 389 g/mol. The lowest BCUT2D eigenvalue weighted by Gasteiger charge is -1.70. The maximum absolute atomic E-state index is 4.58. The van der Waals surface area contributed by atoms with Gasteiger partial charge in [-0.25, -0.2) is 0 Å². The fraction of sp³-hybridized carbons (Fsp3) is 0. The zero-order valence-electron chi connectivity index (χ0n) is 15.4. The van der Waals surface area contributed by atoms with Gasteiger partial charge in [-0.15, -0.1) is 0 Å². The first-order valence-corrected chi connectivity index (χ1v) is 9.43. The molecule has 142 valence electrons. The molecule has 4 nitrogen and oxygen atoms in total. The Labute approximate surface area is 170 Å². The number of furan rings is 1. The first kappa shape index (κ1) is 22.5. The largest absolute Gasteiger partial charge is 0.473 e. The Morgan fingerprint density at radius 2 is 0.750 bits per heavy atom. The van der Waals surface area contributed by atoms with Gasteiger partial charge in [-0.1, -0.05) is 30.3 Å². The van der Waals surface area contributed by atoms with Crippen molar-refractivity contribution in [2.24, 2.45) is 0 Å². The first-order valence-electron chi connectivity index (χ1n) is 8.49. The normalized spacial score (nSPS) is 8.00. The fourth-order valence-corrected chi connectivity index (χ4v) is 1.85. The topological polar surface area (TPSA) is 51.8 Å². The average Bonchev–Trinajstić information content (AvgIpc) is 3.58. The molecule has 0 bridgehead atoms. The van der Waals surface area contributed by atoms with Crippen molar-refractivity contribution in [1.82, 2.24) is 15.0 Å². The standard InChI is InChI=1S/3C5H5N.C4H4O.C4H4S/c3*1-2-4-6-5-3-1;2*1-2-4-5-3-1/h3*1-5H;2*1-4H. The van der Waals surface area contributed by atoms with Crippen molar-refractivity contribution in [3.63, 3.8) is 0 Å². The molecule has 5 aromatic rings. The van der Waals surface area contributed by atoms with Gasteiger partial charge < -0.3 is 4.42 Å². The second-order valence-electron chi connectivity index (χ2n) is 4.66. The van der Waals surface area contributed by atoms with Crippen molar-refractivity contribution in [1.29, 1.82) is 0 Å². The molecular formula is C23H23N3OS. The number of nitrogens with zero attached hydrogens (tertiary/aromatic N) is 3. The number of aromatic nitrogens is 3. The molecular weight excluding hydrogens is 366 g/mol. The summed E-state index contributed by atoms with van der Waals surface area (Å²) in [5.74, 6) is 0. The van der Waals surface area contributed by atoms with Crippen LogP contribution >= 0.6 is 11.3 Å². The molecule has 0 aromatic carbocycles. The van der Waals surface area contributed by atoms with Crippen LogP contribution in [-0.4, -0.2) is 15.0 Å². The summed E-state index contributed by atoms with van der Waals surface area (Å²) in [6.45, 7) is 0. The van der Waals surface area contributed by atoms with Crippen LogP contribution in [0.25, 0.3) is 0 Å². The molecule has 0 radical (unpaired) electrons. The van der Waals surface area contributed by atoms with Crippen molar-refractivity contribution < 1.29 is 4.42 Å². The van der Waals surface area contributed by atoms with Gasteiger partial charge >= 0.3 is 0 Å². The SMILES string of the molecule is c1ccncc1.c1ccncc1.c1ccncc1.c1ccoc1.c1ccsc1. The lowest BCUT2D eigenvalue weighted by Crippen LogP contribution is -1.58. The average molecular weight is 390 g/mol. The van der Waals surface area contributed by atoms with Gasteiger partial charge in [0, 0.05) is 37.2 Å². The second-order valence-corrected chi connectivity index (χ2v) is 5.48. The van der Waals surface area contributed by atoms with E-state index in [0.29, 0.717) is 0 Å². The van der Waals surface area contributed by atoms with Gasteiger partial charge in [-0.05, 0) is 59.3 Å². The molecule has 0 aliphatic carbocycles. The van der Waals surface area contributed by atoms with Crippen LogP contribution in [0.2, 0.25) is 0 Å². The molecule has 0 saturated carbocycles. The predicted molar refractivity (Wildman–Crippen MR) is 116 cm³/mol. The number of thiophene rings is 1. The summed E-state index contributed by atoms with van der Waals surface area (Å²) in [5, 5.41) is 4.08. The van der Waals surface area contributed by atoms with Crippen LogP contribution in [0.3, 0.4) is 0 Å². The molecule has 0 N–H and O–H groups in total. The van der Waals surface area contributed by atoms with Crippen LogP contribution in [0.4, 0.5) is 0 Å². The highest BCUT2D eigenvalue weighted by Crippen LogP contribution is 1.91. The molecule has 0 amide bonds. The van der Waals surface area contributed by atoms with E-state index in [1.807, 2.05) is 89.6 Å². The summed E-state index contributed by atoms with van der Waals surface area (Å²) in [4.78, 5) is 11.4. The molecule has 5 heterocycles. The predicted octanol–water partition coefficient (Wildman–Crippen LogP) is 6.27. The molecule has 0 saturated heterocycles. The van der Waals surface area contributed by atoms with Gasteiger partial charge in [0.1, 0.15) is 0 Å². The van der Waals surface area contributed by atoms with E-state index in [1.54, 1.807) is 61.0 Å². The third-order valence-corrected chi connectivity index (χ3v) is 3.18. The second kappa shape index (κ2) is 19.8. The molecule has 5 heteroatoms. The maximum atomic E-state index is 4.58. The van der Waals surface area contributed by atoms with Crippen LogP contribution in [0.1, 0.15) is 0 Å². The van der Waals surface area contributed by atoms with Crippen molar-refractivity contribution in [2.75, 3.05) is 0 Å². The fourth-order valence-electron chi connectivity index (χ4n) is 1.39. The van der Waals surface area contributed by atoms with Gasteiger partial charge in [-0.2, -0.15) is 11.3 Å². The zero-order valence-corrected chi connectivity index (χ0v) is 16.3. The van der Waals surface area contributed by atoms with Crippen molar-refractivity contribution in [3.05, 3.63) is 139 Å². The molecule has 0 atom stereocenters. The summed E-state index contributed by atoms with van der Waals surface area (Å²) in [6.07, 6.45) is 13.8. The Kier molecular flexibility index (Phi) is 15.9. The molecule has 5 aromatic heterocycles. The summed E-state index contributed by atoms with van der Waals surface area (Å²) in [5.41, 5.74) is 0. The molecule has 0 unspecified atom stereocenters. The Morgan fingerprint density at radius 3 is 0.857 bits per heavy atom. The smallest absolute Gasteiger partial charge is 0.0902 e. The van der Waals surface area contributed by atoms with E-state index in [9.17, 15) is 0 Å².